The third-order valence-corrected chi connectivity index (χ3v) is 4.89. The molecule has 5 nitrogen and oxygen atoms in total. The lowest BCUT2D eigenvalue weighted by atomic mass is 9.71. The molecular formula is C18H28N2O3. The van der Waals surface area contributed by atoms with Gasteiger partial charge in [0.2, 0.25) is 5.91 Å². The molecule has 0 unspecified atom stereocenters. The summed E-state index contributed by atoms with van der Waals surface area (Å²) in [5.41, 5.74) is 7.65. The molecule has 0 aliphatic heterocycles. The first-order chi connectivity index (χ1) is 11.0. The number of rotatable bonds is 6. The first-order valence-corrected chi connectivity index (χ1v) is 8.26. The van der Waals surface area contributed by atoms with Gasteiger partial charge in [-0.1, -0.05) is 19.3 Å². The molecule has 128 valence electrons. The molecule has 0 atom stereocenters. The van der Waals surface area contributed by atoms with E-state index in [4.69, 9.17) is 15.2 Å². The van der Waals surface area contributed by atoms with Gasteiger partial charge in [0.05, 0.1) is 14.2 Å². The first kappa shape index (κ1) is 17.6. The topological polar surface area (TPSA) is 73.6 Å². The molecule has 2 rings (SSSR count). The van der Waals surface area contributed by atoms with E-state index in [9.17, 15) is 4.79 Å². The largest absolute Gasteiger partial charge is 0.493 e. The summed E-state index contributed by atoms with van der Waals surface area (Å²) in [6.45, 7) is 2.52. The highest BCUT2D eigenvalue weighted by Crippen LogP contribution is 2.39. The minimum Gasteiger partial charge on any atom is -0.493 e. The van der Waals surface area contributed by atoms with Gasteiger partial charge in [0, 0.05) is 18.2 Å². The molecule has 5 heteroatoms. The maximum atomic E-state index is 12.5. The van der Waals surface area contributed by atoms with Crippen LogP contribution in [-0.4, -0.2) is 26.7 Å². The minimum atomic E-state index is -0.0349. The summed E-state index contributed by atoms with van der Waals surface area (Å²) in [5.74, 6) is 1.29. The Labute approximate surface area is 138 Å². The molecule has 1 aromatic rings. The number of nitrogens with two attached hydrogens (primary N) is 1. The second-order valence-electron chi connectivity index (χ2n) is 6.51. The first-order valence-electron chi connectivity index (χ1n) is 8.26. The third-order valence-electron chi connectivity index (χ3n) is 4.89. The van der Waals surface area contributed by atoms with E-state index in [1.54, 1.807) is 14.2 Å². The fourth-order valence-corrected chi connectivity index (χ4v) is 3.41. The van der Waals surface area contributed by atoms with Gasteiger partial charge in [-0.3, -0.25) is 4.79 Å². The number of hydrogen-bond donors (Lipinski definition) is 2. The van der Waals surface area contributed by atoms with Crippen LogP contribution in [0, 0.1) is 12.3 Å². The van der Waals surface area contributed by atoms with Crippen molar-refractivity contribution in [3.63, 3.8) is 0 Å². The zero-order chi connectivity index (χ0) is 16.9. The normalized spacial score (nSPS) is 16.7. The Balaban J connectivity index is 2.10. The Morgan fingerprint density at radius 2 is 1.78 bits per heavy atom. The van der Waals surface area contributed by atoms with Gasteiger partial charge >= 0.3 is 0 Å². The summed E-state index contributed by atoms with van der Waals surface area (Å²) in [5, 5.41) is 3.01. The molecule has 0 saturated heterocycles. The quantitative estimate of drug-likeness (QED) is 0.844. The number of anilines is 1. The van der Waals surface area contributed by atoms with E-state index >= 15 is 0 Å². The molecule has 1 aliphatic rings. The summed E-state index contributed by atoms with van der Waals surface area (Å²) in [6, 6.07) is 3.68. The summed E-state index contributed by atoms with van der Waals surface area (Å²) >= 11 is 0. The summed E-state index contributed by atoms with van der Waals surface area (Å²) in [7, 11) is 3.19. The van der Waals surface area contributed by atoms with Gasteiger partial charge in [-0.25, -0.2) is 0 Å². The highest BCUT2D eigenvalue weighted by molar-refractivity contribution is 5.92. The number of amides is 1. The minimum absolute atomic E-state index is 0.0210. The van der Waals surface area contributed by atoms with Gasteiger partial charge in [-0.2, -0.15) is 0 Å². The molecule has 23 heavy (non-hydrogen) atoms. The number of carbonyl (C=O) groups excluding carboxylic acids is 1. The Bertz CT molecular complexity index is 551. The van der Waals surface area contributed by atoms with Crippen molar-refractivity contribution in [2.45, 2.75) is 45.4 Å². The van der Waals surface area contributed by atoms with Crippen molar-refractivity contribution in [3.05, 3.63) is 17.7 Å². The SMILES string of the molecule is COc1cc(C)c(NC(=O)CC2(CN)CCCCC2)cc1OC. The summed E-state index contributed by atoms with van der Waals surface area (Å²) in [4.78, 5) is 12.5. The highest BCUT2D eigenvalue weighted by Gasteiger charge is 2.33. The van der Waals surface area contributed by atoms with Crippen molar-refractivity contribution in [3.8, 4) is 11.5 Å². The van der Waals surface area contributed by atoms with Crippen LogP contribution < -0.4 is 20.5 Å². The van der Waals surface area contributed by atoms with E-state index in [1.807, 2.05) is 19.1 Å². The number of nitrogens with one attached hydrogen (secondary N) is 1. The number of ether oxygens (including phenoxy) is 2. The van der Waals surface area contributed by atoms with Gasteiger partial charge in [-0.15, -0.1) is 0 Å². The van der Waals surface area contributed by atoms with Crippen molar-refractivity contribution in [1.29, 1.82) is 0 Å². The Morgan fingerprint density at radius 3 is 2.35 bits per heavy atom. The number of hydrogen-bond acceptors (Lipinski definition) is 4. The molecule has 1 aliphatic carbocycles. The molecular weight excluding hydrogens is 292 g/mol. The summed E-state index contributed by atoms with van der Waals surface area (Å²) < 4.78 is 10.6. The Kier molecular flexibility index (Phi) is 5.88. The van der Waals surface area contributed by atoms with Gasteiger partial charge in [-0.05, 0) is 43.4 Å². The van der Waals surface area contributed by atoms with Crippen LogP contribution in [0.5, 0.6) is 11.5 Å². The standard InChI is InChI=1S/C18H28N2O3/c1-13-9-15(22-2)16(23-3)10-14(13)20-17(21)11-18(12-19)7-5-4-6-8-18/h9-10H,4-8,11-12,19H2,1-3H3,(H,20,21). The molecule has 1 saturated carbocycles. The van der Waals surface area contributed by atoms with E-state index in [2.05, 4.69) is 5.32 Å². The lowest BCUT2D eigenvalue weighted by molar-refractivity contribution is -0.118. The molecule has 1 amide bonds. The number of benzene rings is 1. The van der Waals surface area contributed by atoms with Gasteiger partial charge in [0.15, 0.2) is 11.5 Å². The number of aryl methyl sites for hydroxylation is 1. The van der Waals surface area contributed by atoms with Crippen LogP contribution in [-0.2, 0) is 4.79 Å². The van der Waals surface area contributed by atoms with Crippen LogP contribution in [0.1, 0.15) is 44.1 Å². The zero-order valence-corrected chi connectivity index (χ0v) is 14.4. The zero-order valence-electron chi connectivity index (χ0n) is 14.4. The van der Waals surface area contributed by atoms with Gasteiger partial charge in [0.25, 0.3) is 0 Å². The maximum absolute atomic E-state index is 12.5. The van der Waals surface area contributed by atoms with E-state index < -0.39 is 0 Å². The van der Waals surface area contributed by atoms with Crippen molar-refractivity contribution in [2.75, 3.05) is 26.1 Å². The molecule has 1 fully saturated rings. The van der Waals surface area contributed by atoms with Crippen molar-refractivity contribution < 1.29 is 14.3 Å². The summed E-state index contributed by atoms with van der Waals surface area (Å²) in [6.07, 6.45) is 6.15. The van der Waals surface area contributed by atoms with Gasteiger partial charge < -0.3 is 20.5 Å². The van der Waals surface area contributed by atoms with Crippen LogP contribution in [0.4, 0.5) is 5.69 Å². The average molecular weight is 320 g/mol. The van der Waals surface area contributed by atoms with Crippen molar-refractivity contribution >= 4 is 11.6 Å². The fraction of sp³-hybridized carbons (Fsp3) is 0.611. The lowest BCUT2D eigenvalue weighted by Crippen LogP contribution is -2.36. The molecule has 0 bridgehead atoms. The predicted octanol–water partition coefficient (Wildman–Crippen LogP) is 3.25. The highest BCUT2D eigenvalue weighted by atomic mass is 16.5. The Hall–Kier alpha value is -1.75. The van der Waals surface area contributed by atoms with Crippen LogP contribution in [0.2, 0.25) is 0 Å². The maximum Gasteiger partial charge on any atom is 0.224 e. The van der Waals surface area contributed by atoms with Crippen molar-refractivity contribution in [1.82, 2.24) is 0 Å². The molecule has 0 aromatic heterocycles. The van der Waals surface area contributed by atoms with E-state index in [0.29, 0.717) is 24.5 Å². The lowest BCUT2D eigenvalue weighted by Gasteiger charge is -2.35. The fourth-order valence-electron chi connectivity index (χ4n) is 3.41. The van der Waals surface area contributed by atoms with Gasteiger partial charge in [0.1, 0.15) is 0 Å². The molecule has 0 radical (unpaired) electrons. The monoisotopic (exact) mass is 320 g/mol. The van der Waals surface area contributed by atoms with Crippen LogP contribution in [0.3, 0.4) is 0 Å². The molecule has 0 spiro atoms. The van der Waals surface area contributed by atoms with Crippen LogP contribution >= 0.6 is 0 Å². The number of carbonyl (C=O) groups is 1. The second-order valence-corrected chi connectivity index (χ2v) is 6.51. The van der Waals surface area contributed by atoms with Crippen LogP contribution in [0.15, 0.2) is 12.1 Å². The van der Waals surface area contributed by atoms with E-state index in [-0.39, 0.29) is 11.3 Å². The van der Waals surface area contributed by atoms with E-state index in [0.717, 1.165) is 24.1 Å². The predicted molar refractivity (Wildman–Crippen MR) is 92.1 cm³/mol. The smallest absolute Gasteiger partial charge is 0.224 e. The third kappa shape index (κ3) is 4.16. The van der Waals surface area contributed by atoms with Crippen molar-refractivity contribution in [2.24, 2.45) is 11.1 Å². The second kappa shape index (κ2) is 7.68. The average Bonchev–Trinajstić information content (AvgIpc) is 2.57. The Morgan fingerprint density at radius 1 is 1.17 bits per heavy atom. The van der Waals surface area contributed by atoms with Crippen LogP contribution in [0.25, 0.3) is 0 Å². The van der Waals surface area contributed by atoms with E-state index in [1.165, 1.54) is 19.3 Å². The molecule has 3 N–H and O–H groups in total. The molecule has 0 heterocycles. The molecule has 1 aromatic carbocycles. The number of methoxy groups -OCH3 is 2.